The Bertz CT molecular complexity index is 707. The first-order valence-electron chi connectivity index (χ1n) is 6.89. The molecule has 1 aliphatic heterocycles. The number of primary amides is 1. The Morgan fingerprint density at radius 3 is 2.33 bits per heavy atom. The molecule has 21 heavy (non-hydrogen) atoms. The molecular weight excluding hydrogens is 264 g/mol. The van der Waals surface area contributed by atoms with Crippen molar-refractivity contribution in [2.24, 2.45) is 5.73 Å². The van der Waals surface area contributed by atoms with Crippen LogP contribution in [0, 0.1) is 0 Å². The van der Waals surface area contributed by atoms with Crippen LogP contribution in [0.15, 0.2) is 48.5 Å². The van der Waals surface area contributed by atoms with Crippen LogP contribution in [0.3, 0.4) is 0 Å². The SMILES string of the molecule is C[C@@H]1Cc2ccccc2N1C(=O)c1ccc(C(N)=O)cc1. The molecule has 2 aromatic rings. The Morgan fingerprint density at radius 1 is 1.05 bits per heavy atom. The second-order valence-corrected chi connectivity index (χ2v) is 5.30. The minimum absolute atomic E-state index is 0.0523. The largest absolute Gasteiger partial charge is 0.366 e. The Kier molecular flexibility index (Phi) is 3.22. The van der Waals surface area contributed by atoms with Gasteiger partial charge in [0.05, 0.1) is 0 Å². The molecule has 106 valence electrons. The van der Waals surface area contributed by atoms with Crippen LogP contribution in [0.1, 0.15) is 33.2 Å². The van der Waals surface area contributed by atoms with Gasteiger partial charge in [0.1, 0.15) is 0 Å². The molecule has 1 aliphatic rings. The number of fused-ring (bicyclic) bond motifs is 1. The number of hydrogen-bond acceptors (Lipinski definition) is 2. The van der Waals surface area contributed by atoms with E-state index in [1.54, 1.807) is 24.3 Å². The first-order chi connectivity index (χ1) is 10.1. The zero-order valence-electron chi connectivity index (χ0n) is 11.7. The summed E-state index contributed by atoms with van der Waals surface area (Å²) < 4.78 is 0. The summed E-state index contributed by atoms with van der Waals surface area (Å²) in [6, 6.07) is 14.5. The van der Waals surface area contributed by atoms with Gasteiger partial charge in [0.25, 0.3) is 5.91 Å². The quantitative estimate of drug-likeness (QED) is 0.918. The molecule has 2 N–H and O–H groups in total. The molecule has 1 heterocycles. The van der Waals surface area contributed by atoms with Crippen molar-refractivity contribution in [3.63, 3.8) is 0 Å². The molecule has 4 nitrogen and oxygen atoms in total. The van der Waals surface area contributed by atoms with E-state index < -0.39 is 5.91 Å². The highest BCUT2D eigenvalue weighted by molar-refractivity contribution is 6.08. The first-order valence-corrected chi connectivity index (χ1v) is 6.89. The van der Waals surface area contributed by atoms with Gasteiger partial charge in [-0.1, -0.05) is 18.2 Å². The van der Waals surface area contributed by atoms with E-state index in [4.69, 9.17) is 5.73 Å². The highest BCUT2D eigenvalue weighted by atomic mass is 16.2. The van der Waals surface area contributed by atoms with Gasteiger partial charge < -0.3 is 10.6 Å². The first kappa shape index (κ1) is 13.4. The van der Waals surface area contributed by atoms with Crippen molar-refractivity contribution in [3.05, 3.63) is 65.2 Å². The van der Waals surface area contributed by atoms with E-state index in [1.165, 1.54) is 5.56 Å². The molecule has 2 amide bonds. The Labute approximate surface area is 123 Å². The third-order valence-electron chi connectivity index (χ3n) is 3.84. The van der Waals surface area contributed by atoms with E-state index in [0.29, 0.717) is 11.1 Å². The van der Waals surface area contributed by atoms with Gasteiger partial charge in [-0.25, -0.2) is 0 Å². The van der Waals surface area contributed by atoms with Gasteiger partial charge in [0, 0.05) is 22.9 Å². The Hall–Kier alpha value is -2.62. The van der Waals surface area contributed by atoms with E-state index in [1.807, 2.05) is 30.0 Å². The molecule has 0 saturated heterocycles. The third kappa shape index (κ3) is 2.29. The van der Waals surface area contributed by atoms with Crippen LogP contribution in [0.4, 0.5) is 5.69 Å². The highest BCUT2D eigenvalue weighted by Gasteiger charge is 2.31. The van der Waals surface area contributed by atoms with Crippen LogP contribution in [-0.2, 0) is 6.42 Å². The minimum Gasteiger partial charge on any atom is -0.366 e. The van der Waals surface area contributed by atoms with Gasteiger partial charge in [-0.3, -0.25) is 9.59 Å². The van der Waals surface area contributed by atoms with E-state index in [0.717, 1.165) is 12.1 Å². The molecule has 0 aliphatic carbocycles. The molecule has 2 aromatic carbocycles. The van der Waals surface area contributed by atoms with Crippen molar-refractivity contribution in [2.75, 3.05) is 4.90 Å². The lowest BCUT2D eigenvalue weighted by atomic mass is 10.1. The molecule has 0 fully saturated rings. The number of nitrogens with two attached hydrogens (primary N) is 1. The average Bonchev–Trinajstić information content (AvgIpc) is 2.82. The second kappa shape index (κ2) is 5.05. The summed E-state index contributed by atoms with van der Waals surface area (Å²) in [5, 5.41) is 0. The highest BCUT2D eigenvalue weighted by Crippen LogP contribution is 2.32. The standard InChI is InChI=1S/C17H16N2O2/c1-11-10-14-4-2-3-5-15(14)19(11)17(21)13-8-6-12(7-9-13)16(18)20/h2-9,11H,10H2,1H3,(H2,18,20)/t11-/m1/s1. The number of benzene rings is 2. The van der Waals surface area contributed by atoms with Crippen LogP contribution < -0.4 is 10.6 Å². The number of hydrogen-bond donors (Lipinski definition) is 1. The van der Waals surface area contributed by atoms with Crippen molar-refractivity contribution in [1.82, 2.24) is 0 Å². The summed E-state index contributed by atoms with van der Waals surface area (Å²) in [6.07, 6.45) is 0.862. The summed E-state index contributed by atoms with van der Waals surface area (Å²) in [5.41, 5.74) is 8.33. The van der Waals surface area contributed by atoms with Gasteiger partial charge in [0.15, 0.2) is 0 Å². The topological polar surface area (TPSA) is 63.4 Å². The smallest absolute Gasteiger partial charge is 0.258 e. The van der Waals surface area contributed by atoms with Crippen LogP contribution in [-0.4, -0.2) is 17.9 Å². The van der Waals surface area contributed by atoms with Gasteiger partial charge in [0.2, 0.25) is 5.91 Å². The van der Waals surface area contributed by atoms with E-state index in [-0.39, 0.29) is 11.9 Å². The zero-order chi connectivity index (χ0) is 15.0. The van der Waals surface area contributed by atoms with Crippen molar-refractivity contribution in [2.45, 2.75) is 19.4 Å². The van der Waals surface area contributed by atoms with Gasteiger partial charge in [-0.15, -0.1) is 0 Å². The predicted molar refractivity (Wildman–Crippen MR) is 81.4 cm³/mol. The normalized spacial score (nSPS) is 16.6. The zero-order valence-corrected chi connectivity index (χ0v) is 11.7. The summed E-state index contributed by atoms with van der Waals surface area (Å²) in [7, 11) is 0. The lowest BCUT2D eigenvalue weighted by molar-refractivity contribution is 0.0976. The lowest BCUT2D eigenvalue weighted by Gasteiger charge is -2.22. The summed E-state index contributed by atoms with van der Waals surface area (Å²) >= 11 is 0. The molecule has 0 aromatic heterocycles. The molecule has 0 radical (unpaired) electrons. The van der Waals surface area contributed by atoms with Gasteiger partial charge in [-0.2, -0.15) is 0 Å². The number of anilines is 1. The van der Waals surface area contributed by atoms with Crippen molar-refractivity contribution in [1.29, 1.82) is 0 Å². The maximum Gasteiger partial charge on any atom is 0.258 e. The number of carbonyl (C=O) groups excluding carboxylic acids is 2. The maximum atomic E-state index is 12.7. The predicted octanol–water partition coefficient (Wildman–Crippen LogP) is 2.38. The van der Waals surface area contributed by atoms with Gasteiger partial charge >= 0.3 is 0 Å². The summed E-state index contributed by atoms with van der Waals surface area (Å²) in [5.74, 6) is -0.544. The fourth-order valence-electron chi connectivity index (χ4n) is 2.79. The van der Waals surface area contributed by atoms with Crippen molar-refractivity contribution < 1.29 is 9.59 Å². The summed E-state index contributed by atoms with van der Waals surface area (Å²) in [6.45, 7) is 2.04. The lowest BCUT2D eigenvalue weighted by Crippen LogP contribution is -2.35. The van der Waals surface area contributed by atoms with E-state index in [9.17, 15) is 9.59 Å². The maximum absolute atomic E-state index is 12.7. The number of carbonyl (C=O) groups is 2. The fourth-order valence-corrected chi connectivity index (χ4v) is 2.79. The van der Waals surface area contributed by atoms with Crippen LogP contribution in [0.2, 0.25) is 0 Å². The Balaban J connectivity index is 1.93. The van der Waals surface area contributed by atoms with Crippen molar-refractivity contribution in [3.8, 4) is 0 Å². The van der Waals surface area contributed by atoms with E-state index >= 15 is 0 Å². The van der Waals surface area contributed by atoms with Crippen LogP contribution >= 0.6 is 0 Å². The minimum atomic E-state index is -0.492. The molecule has 1 atom stereocenters. The molecular formula is C17H16N2O2. The van der Waals surface area contributed by atoms with Crippen molar-refractivity contribution >= 4 is 17.5 Å². The third-order valence-corrected chi connectivity index (χ3v) is 3.84. The Morgan fingerprint density at radius 2 is 1.67 bits per heavy atom. The monoisotopic (exact) mass is 280 g/mol. The van der Waals surface area contributed by atoms with Gasteiger partial charge in [-0.05, 0) is 49.2 Å². The average molecular weight is 280 g/mol. The fraction of sp³-hybridized carbons (Fsp3) is 0.176. The van der Waals surface area contributed by atoms with Crippen LogP contribution in [0.5, 0.6) is 0 Å². The number of amides is 2. The molecule has 4 heteroatoms. The number of rotatable bonds is 2. The molecule has 0 saturated carbocycles. The van der Waals surface area contributed by atoms with E-state index in [2.05, 4.69) is 6.07 Å². The number of nitrogens with zero attached hydrogens (tertiary/aromatic N) is 1. The molecule has 3 rings (SSSR count). The summed E-state index contributed by atoms with van der Waals surface area (Å²) in [4.78, 5) is 25.6. The molecule has 0 unspecified atom stereocenters. The number of para-hydroxylation sites is 1. The molecule has 0 bridgehead atoms. The molecule has 0 spiro atoms. The van der Waals surface area contributed by atoms with Crippen LogP contribution in [0.25, 0.3) is 0 Å². The second-order valence-electron chi connectivity index (χ2n) is 5.30.